The van der Waals surface area contributed by atoms with Gasteiger partial charge in [-0.25, -0.2) is 4.79 Å². The minimum Gasteiger partial charge on any atom is -0.479 e. The van der Waals surface area contributed by atoms with Crippen molar-refractivity contribution in [2.75, 3.05) is 0 Å². The predicted molar refractivity (Wildman–Crippen MR) is 72.4 cm³/mol. The molecule has 0 amide bonds. The van der Waals surface area contributed by atoms with Gasteiger partial charge in [-0.05, 0) is 30.6 Å². The number of carbonyl (C=O) groups is 1. The molecule has 0 saturated heterocycles. The van der Waals surface area contributed by atoms with Gasteiger partial charge in [0.25, 0.3) is 0 Å². The molecule has 106 valence electrons. The molecule has 1 aliphatic rings. The zero-order valence-corrected chi connectivity index (χ0v) is 12.0. The van der Waals surface area contributed by atoms with E-state index in [1.807, 2.05) is 13.8 Å². The van der Waals surface area contributed by atoms with Gasteiger partial charge in [-0.3, -0.25) is 0 Å². The van der Waals surface area contributed by atoms with Crippen molar-refractivity contribution in [2.45, 2.75) is 71.3 Å². The molecular formula is C15H28O3. The van der Waals surface area contributed by atoms with Crippen LogP contribution in [0, 0.1) is 17.8 Å². The van der Waals surface area contributed by atoms with Crippen LogP contribution in [-0.2, 0) is 4.79 Å². The quantitative estimate of drug-likeness (QED) is 0.741. The average molecular weight is 256 g/mol. The Balaban J connectivity index is 2.74. The Morgan fingerprint density at radius 2 is 1.94 bits per heavy atom. The molecule has 3 heteroatoms. The molecule has 3 unspecified atom stereocenters. The molecule has 3 nitrogen and oxygen atoms in total. The minimum absolute atomic E-state index is 0.0862. The monoisotopic (exact) mass is 256 g/mol. The molecular weight excluding hydrogens is 228 g/mol. The van der Waals surface area contributed by atoms with Crippen LogP contribution in [0.5, 0.6) is 0 Å². The van der Waals surface area contributed by atoms with Gasteiger partial charge >= 0.3 is 5.97 Å². The minimum atomic E-state index is -1.54. The zero-order chi connectivity index (χ0) is 13.8. The molecule has 18 heavy (non-hydrogen) atoms. The highest BCUT2D eigenvalue weighted by molar-refractivity contribution is 5.77. The van der Waals surface area contributed by atoms with Crippen LogP contribution < -0.4 is 0 Å². The molecule has 1 aliphatic carbocycles. The van der Waals surface area contributed by atoms with Crippen molar-refractivity contribution >= 4 is 5.97 Å². The second-order valence-corrected chi connectivity index (χ2v) is 6.15. The lowest BCUT2D eigenvalue weighted by Gasteiger charge is -2.35. The van der Waals surface area contributed by atoms with Gasteiger partial charge in [-0.1, -0.05) is 52.9 Å². The lowest BCUT2D eigenvalue weighted by molar-refractivity contribution is -0.172. The largest absolute Gasteiger partial charge is 0.479 e. The highest BCUT2D eigenvalue weighted by Crippen LogP contribution is 2.39. The fourth-order valence-corrected chi connectivity index (χ4v) is 3.41. The zero-order valence-electron chi connectivity index (χ0n) is 12.0. The standard InChI is InChI=1S/C15H28O3/c1-4-6-12-7-5-8-13(10-9-12)15(18,11(2)3)14(16)17/h11-13,18H,4-10H2,1-3H3,(H,16,17). The van der Waals surface area contributed by atoms with E-state index in [2.05, 4.69) is 6.92 Å². The van der Waals surface area contributed by atoms with Crippen molar-refractivity contribution < 1.29 is 15.0 Å². The average Bonchev–Trinajstić information content (AvgIpc) is 2.53. The number of hydrogen-bond donors (Lipinski definition) is 2. The third-order valence-corrected chi connectivity index (χ3v) is 4.63. The first kappa shape index (κ1) is 15.5. The topological polar surface area (TPSA) is 57.5 Å². The van der Waals surface area contributed by atoms with Crippen molar-refractivity contribution in [3.05, 3.63) is 0 Å². The summed E-state index contributed by atoms with van der Waals surface area (Å²) < 4.78 is 0. The van der Waals surface area contributed by atoms with E-state index in [1.165, 1.54) is 19.3 Å². The first-order valence-electron chi connectivity index (χ1n) is 7.38. The third kappa shape index (κ3) is 3.25. The maximum atomic E-state index is 11.4. The van der Waals surface area contributed by atoms with Crippen LogP contribution in [0.2, 0.25) is 0 Å². The Kier molecular flexibility index (Phi) is 5.64. The van der Waals surface area contributed by atoms with E-state index in [9.17, 15) is 15.0 Å². The lowest BCUT2D eigenvalue weighted by Crippen LogP contribution is -2.50. The number of hydrogen-bond acceptors (Lipinski definition) is 2. The predicted octanol–water partition coefficient (Wildman–Crippen LogP) is 3.45. The number of carboxylic acid groups (broad SMARTS) is 1. The summed E-state index contributed by atoms with van der Waals surface area (Å²) in [5.41, 5.74) is -1.54. The van der Waals surface area contributed by atoms with Crippen molar-refractivity contribution in [1.29, 1.82) is 0 Å². The van der Waals surface area contributed by atoms with Crippen LogP contribution in [0.15, 0.2) is 0 Å². The van der Waals surface area contributed by atoms with Crippen LogP contribution in [0.4, 0.5) is 0 Å². The van der Waals surface area contributed by atoms with E-state index in [0.717, 1.165) is 31.6 Å². The summed E-state index contributed by atoms with van der Waals surface area (Å²) in [6.45, 7) is 5.81. The second kappa shape index (κ2) is 6.55. The summed E-state index contributed by atoms with van der Waals surface area (Å²) in [5.74, 6) is -0.638. The summed E-state index contributed by atoms with van der Waals surface area (Å²) in [6.07, 6.45) is 7.45. The van der Waals surface area contributed by atoms with E-state index >= 15 is 0 Å². The van der Waals surface area contributed by atoms with Gasteiger partial charge < -0.3 is 10.2 Å². The van der Waals surface area contributed by atoms with Crippen molar-refractivity contribution in [3.8, 4) is 0 Å². The van der Waals surface area contributed by atoms with Gasteiger partial charge in [0.15, 0.2) is 5.60 Å². The summed E-state index contributed by atoms with van der Waals surface area (Å²) in [5, 5.41) is 19.9. The molecule has 1 fully saturated rings. The first-order chi connectivity index (χ1) is 8.42. The molecule has 0 aromatic carbocycles. The van der Waals surface area contributed by atoms with E-state index in [-0.39, 0.29) is 11.8 Å². The Morgan fingerprint density at radius 1 is 1.28 bits per heavy atom. The molecule has 0 aromatic rings. The number of rotatable bonds is 5. The molecule has 0 heterocycles. The molecule has 0 aliphatic heterocycles. The van der Waals surface area contributed by atoms with Gasteiger partial charge in [-0.15, -0.1) is 0 Å². The number of aliphatic hydroxyl groups is 1. The van der Waals surface area contributed by atoms with Crippen molar-refractivity contribution in [1.82, 2.24) is 0 Å². The van der Waals surface area contributed by atoms with E-state index in [0.29, 0.717) is 0 Å². The first-order valence-corrected chi connectivity index (χ1v) is 7.38. The summed E-state index contributed by atoms with van der Waals surface area (Å²) >= 11 is 0. The number of carboxylic acids is 1. The summed E-state index contributed by atoms with van der Waals surface area (Å²) in [7, 11) is 0. The van der Waals surface area contributed by atoms with Gasteiger partial charge in [-0.2, -0.15) is 0 Å². The van der Waals surface area contributed by atoms with Crippen LogP contribution in [0.3, 0.4) is 0 Å². The molecule has 3 atom stereocenters. The Labute approximate surface area is 111 Å². The van der Waals surface area contributed by atoms with E-state index in [1.54, 1.807) is 0 Å². The van der Waals surface area contributed by atoms with Gasteiger partial charge in [0.2, 0.25) is 0 Å². The fraction of sp³-hybridized carbons (Fsp3) is 0.933. The molecule has 1 saturated carbocycles. The smallest absolute Gasteiger partial charge is 0.336 e. The normalized spacial score (nSPS) is 28.7. The fourth-order valence-electron chi connectivity index (χ4n) is 3.41. The Hall–Kier alpha value is -0.570. The van der Waals surface area contributed by atoms with Gasteiger partial charge in [0, 0.05) is 0 Å². The second-order valence-electron chi connectivity index (χ2n) is 6.15. The van der Waals surface area contributed by atoms with Gasteiger partial charge in [0.05, 0.1) is 0 Å². The number of aliphatic carboxylic acids is 1. The summed E-state index contributed by atoms with van der Waals surface area (Å²) in [4.78, 5) is 11.4. The molecule has 0 spiro atoms. The lowest BCUT2D eigenvalue weighted by atomic mass is 9.74. The van der Waals surface area contributed by atoms with Crippen LogP contribution in [0.25, 0.3) is 0 Å². The Morgan fingerprint density at radius 3 is 2.44 bits per heavy atom. The highest BCUT2D eigenvalue weighted by Gasteiger charge is 2.46. The summed E-state index contributed by atoms with van der Waals surface area (Å²) in [6, 6.07) is 0. The molecule has 0 bridgehead atoms. The molecule has 2 N–H and O–H groups in total. The molecule has 1 rings (SSSR count). The highest BCUT2D eigenvalue weighted by atomic mass is 16.4. The van der Waals surface area contributed by atoms with Crippen molar-refractivity contribution in [3.63, 3.8) is 0 Å². The van der Waals surface area contributed by atoms with Gasteiger partial charge in [0.1, 0.15) is 0 Å². The van der Waals surface area contributed by atoms with Crippen LogP contribution in [0.1, 0.15) is 65.7 Å². The van der Waals surface area contributed by atoms with Crippen LogP contribution >= 0.6 is 0 Å². The maximum absolute atomic E-state index is 11.4. The SMILES string of the molecule is CCCC1CCCC(C(O)(C(=O)O)C(C)C)CC1. The Bertz CT molecular complexity index is 275. The van der Waals surface area contributed by atoms with E-state index < -0.39 is 11.6 Å². The molecule has 0 radical (unpaired) electrons. The molecule has 0 aromatic heterocycles. The third-order valence-electron chi connectivity index (χ3n) is 4.63. The maximum Gasteiger partial charge on any atom is 0.336 e. The van der Waals surface area contributed by atoms with Crippen molar-refractivity contribution in [2.24, 2.45) is 17.8 Å². The van der Waals surface area contributed by atoms with Crippen LogP contribution in [-0.4, -0.2) is 21.8 Å². The van der Waals surface area contributed by atoms with E-state index in [4.69, 9.17) is 0 Å².